The largest absolute Gasteiger partial charge is 0.294 e. The predicted molar refractivity (Wildman–Crippen MR) is 126 cm³/mol. The third-order valence-electron chi connectivity index (χ3n) is 4.72. The van der Waals surface area contributed by atoms with E-state index in [1.54, 1.807) is 12.1 Å². The van der Waals surface area contributed by atoms with Crippen molar-refractivity contribution >= 4 is 34.5 Å². The molecule has 0 atom stereocenters. The first kappa shape index (κ1) is 21.7. The lowest BCUT2D eigenvalue weighted by Gasteiger charge is -2.16. The van der Waals surface area contributed by atoms with Gasteiger partial charge in [-0.2, -0.15) is 8.42 Å². The van der Waals surface area contributed by atoms with E-state index < -0.39 is 18.9 Å². The van der Waals surface area contributed by atoms with Crippen molar-refractivity contribution in [3.05, 3.63) is 121 Å². The predicted octanol–water partition coefficient (Wildman–Crippen LogP) is 3.18. The molecule has 4 aromatic rings. The van der Waals surface area contributed by atoms with E-state index in [2.05, 4.69) is 91.0 Å². The molecule has 3 nitrogen and oxygen atoms in total. The molecule has 0 radical (unpaired) electrons. The third kappa shape index (κ3) is 6.00. The Morgan fingerprint density at radius 1 is 0.567 bits per heavy atom. The van der Waals surface area contributed by atoms with E-state index in [0.717, 1.165) is 5.56 Å². The van der Waals surface area contributed by atoms with E-state index in [4.69, 9.17) is 4.55 Å². The summed E-state index contributed by atoms with van der Waals surface area (Å²) in [6.45, 7) is 1.84. The minimum atomic E-state index is -4.02. The molecular formula is C25H24O3SSi. The van der Waals surface area contributed by atoms with Gasteiger partial charge in [0.2, 0.25) is 0 Å². The number of hydrogen-bond donors (Lipinski definition) is 1. The van der Waals surface area contributed by atoms with Crippen LogP contribution in [0.2, 0.25) is 0 Å². The SMILES string of the molecule is Cc1ccc(S(=O)(=O)O)cc1.c1ccc([SiH](c2ccccc2)c2ccccc2)cc1. The fourth-order valence-electron chi connectivity index (χ4n) is 3.22. The van der Waals surface area contributed by atoms with Crippen molar-refractivity contribution < 1.29 is 13.0 Å². The number of rotatable bonds is 4. The molecule has 152 valence electrons. The fraction of sp³-hybridized carbons (Fsp3) is 0.0400. The lowest BCUT2D eigenvalue weighted by molar-refractivity contribution is 0.483. The van der Waals surface area contributed by atoms with Gasteiger partial charge in [0.1, 0.15) is 8.80 Å². The zero-order valence-corrected chi connectivity index (χ0v) is 18.7. The highest BCUT2D eigenvalue weighted by atomic mass is 32.2. The van der Waals surface area contributed by atoms with Crippen molar-refractivity contribution in [2.24, 2.45) is 0 Å². The first-order valence-electron chi connectivity index (χ1n) is 9.64. The van der Waals surface area contributed by atoms with Crippen molar-refractivity contribution in [2.75, 3.05) is 0 Å². The van der Waals surface area contributed by atoms with Crippen LogP contribution in [0.3, 0.4) is 0 Å². The summed E-state index contributed by atoms with van der Waals surface area (Å²) in [5.74, 6) is 0. The maximum absolute atomic E-state index is 10.5. The molecule has 0 aliphatic rings. The van der Waals surface area contributed by atoms with Crippen LogP contribution in [0.15, 0.2) is 120 Å². The summed E-state index contributed by atoms with van der Waals surface area (Å²) in [5, 5.41) is 4.42. The van der Waals surface area contributed by atoms with E-state index in [1.165, 1.54) is 27.7 Å². The lowest BCUT2D eigenvalue weighted by Crippen LogP contribution is -2.51. The van der Waals surface area contributed by atoms with Crippen LogP contribution in [0.25, 0.3) is 0 Å². The zero-order chi connectivity index (χ0) is 21.4. The smallest absolute Gasteiger partial charge is 0.282 e. The third-order valence-corrected chi connectivity index (χ3v) is 8.74. The summed E-state index contributed by atoms with van der Waals surface area (Å²) in [4.78, 5) is -0.0666. The van der Waals surface area contributed by atoms with E-state index >= 15 is 0 Å². The van der Waals surface area contributed by atoms with E-state index in [0.29, 0.717) is 0 Å². The monoisotopic (exact) mass is 432 g/mol. The van der Waals surface area contributed by atoms with Gasteiger partial charge in [-0.1, -0.05) is 124 Å². The zero-order valence-electron chi connectivity index (χ0n) is 16.7. The Morgan fingerprint density at radius 3 is 1.20 bits per heavy atom. The van der Waals surface area contributed by atoms with Gasteiger partial charge in [-0.25, -0.2) is 0 Å². The Bertz CT molecular complexity index is 1050. The van der Waals surface area contributed by atoms with Gasteiger partial charge in [-0.05, 0) is 19.1 Å². The summed E-state index contributed by atoms with van der Waals surface area (Å²) in [6, 6.07) is 38.7. The minimum Gasteiger partial charge on any atom is -0.282 e. The molecule has 0 spiro atoms. The molecule has 0 fully saturated rings. The molecule has 0 saturated carbocycles. The van der Waals surface area contributed by atoms with Crippen LogP contribution in [-0.4, -0.2) is 21.8 Å². The summed E-state index contributed by atoms with van der Waals surface area (Å²) >= 11 is 0. The molecule has 0 unspecified atom stereocenters. The first-order valence-corrected chi connectivity index (χ1v) is 12.8. The van der Waals surface area contributed by atoms with Gasteiger partial charge in [0.05, 0.1) is 4.90 Å². The van der Waals surface area contributed by atoms with Crippen LogP contribution < -0.4 is 15.6 Å². The molecule has 4 rings (SSSR count). The average Bonchev–Trinajstić information content (AvgIpc) is 2.76. The highest BCUT2D eigenvalue weighted by Gasteiger charge is 2.17. The molecule has 0 aliphatic carbocycles. The van der Waals surface area contributed by atoms with Crippen LogP contribution in [0.1, 0.15) is 5.56 Å². The summed E-state index contributed by atoms with van der Waals surface area (Å²) in [5.41, 5.74) is 0.956. The number of hydrogen-bond acceptors (Lipinski definition) is 2. The Balaban J connectivity index is 0.000000199. The highest BCUT2D eigenvalue weighted by Crippen LogP contribution is 2.08. The van der Waals surface area contributed by atoms with Crippen molar-refractivity contribution in [1.82, 2.24) is 0 Å². The van der Waals surface area contributed by atoms with Crippen LogP contribution >= 0.6 is 0 Å². The van der Waals surface area contributed by atoms with Gasteiger partial charge in [0.25, 0.3) is 10.1 Å². The molecule has 30 heavy (non-hydrogen) atoms. The van der Waals surface area contributed by atoms with Crippen LogP contribution in [0.4, 0.5) is 0 Å². The van der Waals surface area contributed by atoms with E-state index in [1.807, 2.05) is 6.92 Å². The highest BCUT2D eigenvalue weighted by molar-refractivity contribution is 7.85. The fourth-order valence-corrected chi connectivity index (χ4v) is 6.68. The molecule has 0 bridgehead atoms. The molecule has 4 aromatic carbocycles. The lowest BCUT2D eigenvalue weighted by atomic mass is 10.2. The normalized spacial score (nSPS) is 10.9. The van der Waals surface area contributed by atoms with E-state index in [9.17, 15) is 8.42 Å². The van der Waals surface area contributed by atoms with Gasteiger partial charge in [-0.15, -0.1) is 0 Å². The van der Waals surface area contributed by atoms with Gasteiger partial charge in [0.15, 0.2) is 0 Å². The van der Waals surface area contributed by atoms with Crippen molar-refractivity contribution in [3.8, 4) is 0 Å². The maximum Gasteiger partial charge on any atom is 0.294 e. The van der Waals surface area contributed by atoms with Crippen molar-refractivity contribution in [3.63, 3.8) is 0 Å². The Kier molecular flexibility index (Phi) is 7.35. The average molecular weight is 433 g/mol. The molecule has 0 aromatic heterocycles. The molecule has 5 heteroatoms. The second kappa shape index (κ2) is 10.2. The Labute approximate surface area is 180 Å². The molecule has 0 aliphatic heterocycles. The van der Waals surface area contributed by atoms with Crippen LogP contribution in [-0.2, 0) is 10.1 Å². The van der Waals surface area contributed by atoms with Crippen LogP contribution in [0.5, 0.6) is 0 Å². The van der Waals surface area contributed by atoms with Crippen LogP contribution in [0, 0.1) is 6.92 Å². The second-order valence-electron chi connectivity index (χ2n) is 6.95. The van der Waals surface area contributed by atoms with Gasteiger partial charge in [-0.3, -0.25) is 4.55 Å². The quantitative estimate of drug-likeness (QED) is 0.306. The standard InChI is InChI=1S/C18H16Si.C7H8O3S/c1-4-10-16(11-5-1)19(17-12-6-2-7-13-17)18-14-8-3-9-15-18;1-6-2-4-7(5-3-6)11(8,9)10/h1-15,19H;2-5H,1H3,(H,8,9,10). The Hall–Kier alpha value is -2.99. The minimum absolute atomic E-state index is 0.0666. The molecule has 0 amide bonds. The molecule has 0 heterocycles. The van der Waals surface area contributed by atoms with Gasteiger partial charge in [0, 0.05) is 0 Å². The molecular weight excluding hydrogens is 408 g/mol. The second-order valence-corrected chi connectivity index (χ2v) is 11.2. The van der Waals surface area contributed by atoms with Gasteiger partial charge < -0.3 is 0 Å². The summed E-state index contributed by atoms with van der Waals surface area (Å²) < 4.78 is 29.6. The number of aryl methyl sites for hydroxylation is 1. The summed E-state index contributed by atoms with van der Waals surface area (Å²) in [7, 11) is -5.33. The number of benzene rings is 4. The Morgan fingerprint density at radius 2 is 0.900 bits per heavy atom. The topological polar surface area (TPSA) is 54.4 Å². The van der Waals surface area contributed by atoms with Crippen molar-refractivity contribution in [2.45, 2.75) is 11.8 Å². The maximum atomic E-state index is 10.5. The van der Waals surface area contributed by atoms with E-state index in [-0.39, 0.29) is 4.90 Å². The van der Waals surface area contributed by atoms with Gasteiger partial charge >= 0.3 is 0 Å². The molecule has 0 saturated heterocycles. The summed E-state index contributed by atoms with van der Waals surface area (Å²) in [6.07, 6.45) is 0. The molecule has 1 N–H and O–H groups in total. The van der Waals surface area contributed by atoms with Crippen molar-refractivity contribution in [1.29, 1.82) is 0 Å². The first-order chi connectivity index (χ1) is 14.4.